The molecule has 2 aromatic rings. The Kier molecular flexibility index (Phi) is 6.82. The monoisotopic (exact) mass is 360 g/mol. The number of para-hydroxylation sites is 1. The van der Waals surface area contributed by atoms with E-state index in [2.05, 4.69) is 0 Å². The minimum Gasteiger partial charge on any atom is -0.496 e. The van der Waals surface area contributed by atoms with Gasteiger partial charge in [-0.2, -0.15) is 0 Å². The van der Waals surface area contributed by atoms with E-state index in [1.165, 1.54) is 23.9 Å². The fraction of sp³-hybridized carbons (Fsp3) is 0.278. The summed E-state index contributed by atoms with van der Waals surface area (Å²) < 4.78 is 5.30. The third kappa shape index (κ3) is 5.49. The summed E-state index contributed by atoms with van der Waals surface area (Å²) in [7, 11) is 3.38. The highest BCUT2D eigenvalue weighted by atomic mass is 32.2. The Morgan fingerprint density at radius 3 is 2.52 bits per heavy atom. The van der Waals surface area contributed by atoms with Gasteiger partial charge in [-0.25, -0.2) is 0 Å². The molecule has 0 heterocycles. The minimum atomic E-state index is -0.423. The summed E-state index contributed by atoms with van der Waals surface area (Å²) in [5, 5.41) is 10.6. The molecule has 0 spiro atoms. The highest BCUT2D eigenvalue weighted by Gasteiger charge is 2.12. The van der Waals surface area contributed by atoms with Crippen molar-refractivity contribution >= 4 is 23.4 Å². The summed E-state index contributed by atoms with van der Waals surface area (Å²) in [6, 6.07) is 14.0. The Bertz CT molecular complexity index is 734. The zero-order valence-corrected chi connectivity index (χ0v) is 15.0. The van der Waals surface area contributed by atoms with Crippen molar-refractivity contribution < 1.29 is 14.5 Å². The zero-order chi connectivity index (χ0) is 18.2. The predicted molar refractivity (Wildman–Crippen MR) is 98.7 cm³/mol. The lowest BCUT2D eigenvalue weighted by molar-refractivity contribution is -0.384. The molecule has 2 aromatic carbocycles. The number of hydrogen-bond acceptors (Lipinski definition) is 5. The molecular weight excluding hydrogens is 340 g/mol. The Balaban J connectivity index is 1.82. The second-order valence-electron chi connectivity index (χ2n) is 5.48. The number of thioether (sulfide) groups is 1. The van der Waals surface area contributed by atoms with Crippen molar-refractivity contribution in [1.82, 2.24) is 4.90 Å². The summed E-state index contributed by atoms with van der Waals surface area (Å²) >= 11 is 1.49. The number of ether oxygens (including phenoxy) is 1. The summed E-state index contributed by atoms with van der Waals surface area (Å²) in [6.07, 6.45) is 0. The molecule has 0 aliphatic heterocycles. The third-order valence-electron chi connectivity index (χ3n) is 3.67. The molecule has 25 heavy (non-hydrogen) atoms. The molecule has 6 nitrogen and oxygen atoms in total. The molecule has 0 unspecified atom stereocenters. The van der Waals surface area contributed by atoms with Crippen molar-refractivity contribution in [3.8, 4) is 5.75 Å². The fourth-order valence-electron chi connectivity index (χ4n) is 2.26. The van der Waals surface area contributed by atoms with E-state index in [1.807, 2.05) is 24.3 Å². The lowest BCUT2D eigenvalue weighted by atomic mass is 10.2. The molecule has 0 saturated carbocycles. The molecular formula is C18H20N2O4S. The van der Waals surface area contributed by atoms with Crippen LogP contribution in [0.4, 0.5) is 5.69 Å². The third-order valence-corrected chi connectivity index (χ3v) is 4.66. The van der Waals surface area contributed by atoms with Crippen LogP contribution in [0.1, 0.15) is 11.1 Å². The van der Waals surface area contributed by atoms with Crippen molar-refractivity contribution in [2.24, 2.45) is 0 Å². The number of nitrogens with zero attached hydrogens (tertiary/aromatic N) is 2. The molecule has 0 atom stereocenters. The molecule has 0 N–H and O–H groups in total. The SMILES string of the molecule is COc1ccccc1CN(C)C(=O)CSCc1ccc([N+](=O)[O-])cc1. The first-order chi connectivity index (χ1) is 12.0. The standard InChI is InChI=1S/C18H20N2O4S/c1-19(11-15-5-3-4-6-17(15)24-2)18(21)13-25-12-14-7-9-16(10-8-14)20(22)23/h3-10H,11-13H2,1-2H3. The van der Waals surface area contributed by atoms with Gasteiger partial charge in [-0.15, -0.1) is 11.8 Å². The van der Waals surface area contributed by atoms with Gasteiger partial charge < -0.3 is 9.64 Å². The van der Waals surface area contributed by atoms with Gasteiger partial charge in [0.1, 0.15) is 5.75 Å². The zero-order valence-electron chi connectivity index (χ0n) is 14.2. The summed E-state index contributed by atoms with van der Waals surface area (Å²) in [6.45, 7) is 0.487. The van der Waals surface area contributed by atoms with Gasteiger partial charge in [-0.05, 0) is 11.6 Å². The van der Waals surface area contributed by atoms with Gasteiger partial charge in [0.2, 0.25) is 5.91 Å². The second-order valence-corrected chi connectivity index (χ2v) is 6.46. The van der Waals surface area contributed by atoms with Crippen LogP contribution in [0.3, 0.4) is 0 Å². The maximum absolute atomic E-state index is 12.3. The van der Waals surface area contributed by atoms with Gasteiger partial charge in [0.25, 0.3) is 5.69 Å². The van der Waals surface area contributed by atoms with E-state index in [9.17, 15) is 14.9 Å². The Hall–Kier alpha value is -2.54. The van der Waals surface area contributed by atoms with E-state index < -0.39 is 4.92 Å². The van der Waals surface area contributed by atoms with Crippen LogP contribution >= 0.6 is 11.8 Å². The van der Waals surface area contributed by atoms with Crippen LogP contribution in [-0.4, -0.2) is 35.6 Å². The number of benzene rings is 2. The number of nitro groups is 1. The first kappa shape index (κ1) is 18.8. The molecule has 132 valence electrons. The normalized spacial score (nSPS) is 10.3. The van der Waals surface area contributed by atoms with Crippen molar-refractivity contribution in [3.63, 3.8) is 0 Å². The first-order valence-corrected chi connectivity index (χ1v) is 8.83. The maximum atomic E-state index is 12.3. The Morgan fingerprint density at radius 2 is 1.88 bits per heavy atom. The van der Waals surface area contributed by atoms with Gasteiger partial charge in [-0.1, -0.05) is 30.3 Å². The van der Waals surface area contributed by atoms with Gasteiger partial charge in [-0.3, -0.25) is 14.9 Å². The number of amides is 1. The maximum Gasteiger partial charge on any atom is 0.269 e. The molecule has 0 radical (unpaired) electrons. The van der Waals surface area contributed by atoms with Gasteiger partial charge >= 0.3 is 0 Å². The van der Waals surface area contributed by atoms with E-state index in [0.29, 0.717) is 18.1 Å². The molecule has 0 aromatic heterocycles. The van der Waals surface area contributed by atoms with Gasteiger partial charge in [0, 0.05) is 37.0 Å². The smallest absolute Gasteiger partial charge is 0.269 e. The second kappa shape index (κ2) is 9.08. The quantitative estimate of drug-likeness (QED) is 0.532. The van der Waals surface area contributed by atoms with Crippen molar-refractivity contribution in [3.05, 3.63) is 69.8 Å². The highest BCUT2D eigenvalue weighted by Crippen LogP contribution is 2.20. The fourth-order valence-corrected chi connectivity index (χ4v) is 3.18. The predicted octanol–water partition coefficient (Wildman–Crippen LogP) is 3.50. The number of carbonyl (C=O) groups is 1. The number of methoxy groups -OCH3 is 1. The van der Waals surface area contributed by atoms with E-state index in [1.54, 1.807) is 31.2 Å². The van der Waals surface area contributed by atoms with Crippen LogP contribution in [0.15, 0.2) is 48.5 Å². The van der Waals surface area contributed by atoms with Gasteiger partial charge in [0.05, 0.1) is 17.8 Å². The number of carbonyl (C=O) groups excluding carboxylic acids is 1. The number of non-ortho nitro benzene ring substituents is 1. The average Bonchev–Trinajstić information content (AvgIpc) is 2.62. The van der Waals surface area contributed by atoms with Crippen molar-refractivity contribution in [2.45, 2.75) is 12.3 Å². The van der Waals surface area contributed by atoms with Gasteiger partial charge in [0.15, 0.2) is 0 Å². The molecule has 0 bridgehead atoms. The van der Waals surface area contributed by atoms with Crippen LogP contribution in [0, 0.1) is 10.1 Å². The molecule has 0 aliphatic carbocycles. The number of nitro benzene ring substituents is 1. The van der Waals surface area contributed by atoms with Crippen LogP contribution in [0.2, 0.25) is 0 Å². The number of hydrogen-bond donors (Lipinski definition) is 0. The largest absolute Gasteiger partial charge is 0.496 e. The number of rotatable bonds is 8. The van der Waals surface area contributed by atoms with Crippen LogP contribution < -0.4 is 4.74 Å². The van der Waals surface area contributed by atoms with Crippen LogP contribution in [0.5, 0.6) is 5.75 Å². The first-order valence-electron chi connectivity index (χ1n) is 7.68. The molecule has 0 saturated heterocycles. The summed E-state index contributed by atoms with van der Waals surface area (Å²) in [5.74, 6) is 1.77. The van der Waals surface area contributed by atoms with Crippen molar-refractivity contribution in [2.75, 3.05) is 19.9 Å². The Morgan fingerprint density at radius 1 is 1.20 bits per heavy atom. The molecule has 0 fully saturated rings. The lowest BCUT2D eigenvalue weighted by Crippen LogP contribution is -2.28. The highest BCUT2D eigenvalue weighted by molar-refractivity contribution is 7.99. The lowest BCUT2D eigenvalue weighted by Gasteiger charge is -2.18. The summed E-state index contributed by atoms with van der Waals surface area (Å²) in [5.41, 5.74) is 1.98. The molecule has 7 heteroatoms. The Labute approximate surface area is 150 Å². The summed E-state index contributed by atoms with van der Waals surface area (Å²) in [4.78, 5) is 24.1. The van der Waals surface area contributed by atoms with E-state index in [0.717, 1.165) is 16.9 Å². The topological polar surface area (TPSA) is 72.7 Å². The van der Waals surface area contributed by atoms with E-state index >= 15 is 0 Å². The molecule has 0 aliphatic rings. The van der Waals surface area contributed by atoms with E-state index in [-0.39, 0.29) is 11.6 Å². The minimum absolute atomic E-state index is 0.0258. The van der Waals surface area contributed by atoms with Crippen LogP contribution in [-0.2, 0) is 17.1 Å². The average molecular weight is 360 g/mol. The molecule has 1 amide bonds. The van der Waals surface area contributed by atoms with E-state index in [4.69, 9.17) is 4.74 Å². The van der Waals surface area contributed by atoms with Crippen LogP contribution in [0.25, 0.3) is 0 Å². The molecule has 2 rings (SSSR count). The van der Waals surface area contributed by atoms with Crippen molar-refractivity contribution in [1.29, 1.82) is 0 Å².